The predicted octanol–water partition coefficient (Wildman–Crippen LogP) is 18.8. The maximum atomic E-state index is 12.5. The Hall–Kier alpha value is -5.60. The first-order chi connectivity index (χ1) is 44.7. The third-order valence-electron chi connectivity index (χ3n) is 16.5. The van der Waals surface area contributed by atoms with Gasteiger partial charge in [0.2, 0.25) is 5.91 Å². The minimum Gasteiger partial charge on any atom is -0.466 e. The van der Waals surface area contributed by atoms with Gasteiger partial charge in [-0.25, -0.2) is 0 Å². The van der Waals surface area contributed by atoms with E-state index in [1.807, 2.05) is 4.90 Å². The second kappa shape index (κ2) is 59.2. The molecule has 15 nitrogen and oxygen atoms in total. The third kappa shape index (κ3) is 50.0. The van der Waals surface area contributed by atoms with Crippen molar-refractivity contribution in [1.29, 1.82) is 0 Å². The van der Waals surface area contributed by atoms with Crippen LogP contribution in [0.5, 0.6) is 11.5 Å². The Labute approximate surface area is 557 Å². The lowest BCUT2D eigenvalue weighted by Gasteiger charge is -2.21. The molecule has 92 heavy (non-hydrogen) atoms. The number of esters is 6. The number of hydrogen-bond acceptors (Lipinski definition) is 14. The van der Waals surface area contributed by atoms with E-state index in [1.54, 1.807) is 55.5 Å². The van der Waals surface area contributed by atoms with Crippen LogP contribution in [0.1, 0.15) is 316 Å². The van der Waals surface area contributed by atoms with E-state index in [4.69, 9.17) is 28.4 Å². The standard InChI is InChI=1S/C41H69NO7.C36H58O7/c1-5-9-10-11-12-13-19-32-47-39(44)23-15-14-16-24-40(45)49-37-27-25-36(26-28-37)34-41(46)48-33-29-35(20-6-2)21-17-18-22-38(43)42(30-7-3)31-8-4;1-4-6-7-8-9-10-16-27-41-34(38)20-12-11-13-21-35(39)43-33-24-22-32(23-25-33)29-36(40)42-28-26-31(17-5-2)19-15-14-18-30(3)37/h25-28,35H,5-24,29-34H2,1-4H3;22-25,31H,4-21,26-29H2,1-3H3. The molecule has 2 unspecified atom stereocenters. The van der Waals surface area contributed by atoms with Gasteiger partial charge in [-0.3, -0.25) is 33.6 Å². The summed E-state index contributed by atoms with van der Waals surface area (Å²) in [5, 5.41) is 0. The first-order valence-electron chi connectivity index (χ1n) is 36.6. The van der Waals surface area contributed by atoms with Gasteiger partial charge in [0, 0.05) is 51.6 Å². The molecule has 0 aliphatic rings. The maximum Gasteiger partial charge on any atom is 0.311 e. The fourth-order valence-electron chi connectivity index (χ4n) is 11.2. The van der Waals surface area contributed by atoms with Crippen LogP contribution in [-0.2, 0) is 70.1 Å². The van der Waals surface area contributed by atoms with Crippen molar-refractivity contribution in [3.8, 4) is 11.5 Å². The van der Waals surface area contributed by atoms with Crippen LogP contribution in [0.4, 0.5) is 0 Å². The van der Waals surface area contributed by atoms with E-state index in [0.29, 0.717) is 101 Å². The number of rotatable bonds is 58. The molecule has 0 radical (unpaired) electrons. The topological polar surface area (TPSA) is 195 Å². The Morgan fingerprint density at radius 3 is 1.02 bits per heavy atom. The first kappa shape index (κ1) is 84.4. The molecule has 0 aliphatic heterocycles. The average molecular weight is 1290 g/mol. The summed E-state index contributed by atoms with van der Waals surface area (Å²) < 4.78 is 32.5. The molecule has 524 valence electrons. The van der Waals surface area contributed by atoms with Crippen molar-refractivity contribution in [2.24, 2.45) is 11.8 Å². The van der Waals surface area contributed by atoms with E-state index >= 15 is 0 Å². The van der Waals surface area contributed by atoms with Crippen molar-refractivity contribution in [2.75, 3.05) is 39.5 Å². The number of nitrogens with zero attached hydrogens (tertiary/aromatic N) is 1. The minimum absolute atomic E-state index is 0.157. The van der Waals surface area contributed by atoms with Crippen molar-refractivity contribution < 1.29 is 66.8 Å². The van der Waals surface area contributed by atoms with Crippen molar-refractivity contribution >= 4 is 47.5 Å². The van der Waals surface area contributed by atoms with E-state index in [9.17, 15) is 38.4 Å². The maximum absolute atomic E-state index is 12.5. The number of hydrogen-bond donors (Lipinski definition) is 0. The first-order valence-corrected chi connectivity index (χ1v) is 36.6. The van der Waals surface area contributed by atoms with Crippen molar-refractivity contribution in [3.63, 3.8) is 0 Å². The van der Waals surface area contributed by atoms with E-state index in [-0.39, 0.29) is 73.2 Å². The van der Waals surface area contributed by atoms with Gasteiger partial charge in [-0.2, -0.15) is 0 Å². The molecule has 15 heteroatoms. The fraction of sp³-hybridized carbons (Fsp3) is 0.740. The molecule has 0 saturated heterocycles. The molecule has 0 aromatic heterocycles. The summed E-state index contributed by atoms with van der Waals surface area (Å²) in [6.45, 7) is 18.1. The van der Waals surface area contributed by atoms with Gasteiger partial charge in [0.1, 0.15) is 17.3 Å². The molecule has 0 fully saturated rings. The lowest BCUT2D eigenvalue weighted by Crippen LogP contribution is -2.32. The van der Waals surface area contributed by atoms with Crippen LogP contribution in [0.15, 0.2) is 48.5 Å². The zero-order valence-electron chi connectivity index (χ0n) is 58.9. The van der Waals surface area contributed by atoms with E-state index in [1.165, 1.54) is 64.2 Å². The van der Waals surface area contributed by atoms with Gasteiger partial charge in [-0.05, 0) is 131 Å². The molecule has 0 N–H and O–H groups in total. The van der Waals surface area contributed by atoms with Gasteiger partial charge < -0.3 is 38.1 Å². The van der Waals surface area contributed by atoms with Crippen LogP contribution < -0.4 is 9.47 Å². The number of ether oxygens (including phenoxy) is 6. The largest absolute Gasteiger partial charge is 0.466 e. The van der Waals surface area contributed by atoms with Gasteiger partial charge in [0.25, 0.3) is 0 Å². The summed E-state index contributed by atoms with van der Waals surface area (Å²) in [6, 6.07) is 13.9. The molecule has 0 bridgehead atoms. The number of carbonyl (C=O) groups is 8. The summed E-state index contributed by atoms with van der Waals surface area (Å²) >= 11 is 0. The number of unbranched alkanes of at least 4 members (excludes halogenated alkanes) is 18. The van der Waals surface area contributed by atoms with Crippen molar-refractivity contribution in [2.45, 2.75) is 318 Å². The lowest BCUT2D eigenvalue weighted by molar-refractivity contribution is -0.144. The van der Waals surface area contributed by atoms with Crippen LogP contribution >= 0.6 is 0 Å². The molecule has 0 saturated carbocycles. The molecule has 0 heterocycles. The van der Waals surface area contributed by atoms with E-state index in [2.05, 4.69) is 41.5 Å². The molecule has 2 aromatic rings. The third-order valence-corrected chi connectivity index (χ3v) is 16.5. The van der Waals surface area contributed by atoms with Gasteiger partial charge in [0.15, 0.2) is 0 Å². The van der Waals surface area contributed by atoms with Crippen LogP contribution in [0, 0.1) is 11.8 Å². The molecular formula is C77H127NO14. The summed E-state index contributed by atoms with van der Waals surface area (Å²) in [7, 11) is 0. The summed E-state index contributed by atoms with van der Waals surface area (Å²) in [6.07, 6.45) is 37.9. The van der Waals surface area contributed by atoms with E-state index in [0.717, 1.165) is 153 Å². The number of benzene rings is 2. The second-order valence-corrected chi connectivity index (χ2v) is 25.3. The van der Waals surface area contributed by atoms with Gasteiger partial charge in [-0.15, -0.1) is 0 Å². The average Bonchev–Trinajstić information content (AvgIpc) is 2.55. The van der Waals surface area contributed by atoms with E-state index < -0.39 is 0 Å². The van der Waals surface area contributed by atoms with Crippen LogP contribution in [0.2, 0.25) is 0 Å². The molecule has 0 aliphatic carbocycles. The normalized spacial score (nSPS) is 11.6. The molecule has 2 rings (SSSR count). The Kier molecular flexibility index (Phi) is 54.3. The predicted molar refractivity (Wildman–Crippen MR) is 368 cm³/mol. The summed E-state index contributed by atoms with van der Waals surface area (Å²) in [4.78, 5) is 98.6. The Morgan fingerprint density at radius 1 is 0.315 bits per heavy atom. The zero-order valence-corrected chi connectivity index (χ0v) is 58.9. The molecular weight excluding hydrogens is 1160 g/mol. The van der Waals surface area contributed by atoms with Gasteiger partial charge >= 0.3 is 35.8 Å². The monoisotopic (exact) mass is 1290 g/mol. The van der Waals surface area contributed by atoms with Crippen LogP contribution in [0.25, 0.3) is 0 Å². The van der Waals surface area contributed by atoms with Crippen LogP contribution in [0.3, 0.4) is 0 Å². The van der Waals surface area contributed by atoms with Gasteiger partial charge in [-0.1, -0.05) is 207 Å². The Balaban J connectivity index is 0.000000928. The molecule has 1 amide bonds. The smallest absolute Gasteiger partial charge is 0.311 e. The van der Waals surface area contributed by atoms with Crippen LogP contribution in [-0.4, -0.2) is 91.9 Å². The SMILES string of the molecule is CCCCCCCCCOC(=O)CCCCCC(=O)Oc1ccc(CC(=O)OCCC(CCC)CCCCC(=O)N(CCC)CCC)cc1.CCCCCCCCCOC(=O)CCCCCC(=O)Oc1ccc(CC(=O)OCCC(CCC)CCCCC(C)=O)cc1. The van der Waals surface area contributed by atoms with Crippen molar-refractivity contribution in [3.05, 3.63) is 59.7 Å². The van der Waals surface area contributed by atoms with Gasteiger partial charge in [0.05, 0.1) is 39.3 Å². The summed E-state index contributed by atoms with van der Waals surface area (Å²) in [5.41, 5.74) is 1.61. The molecule has 2 atom stereocenters. The molecule has 2 aromatic carbocycles. The number of Topliss-reactive ketones (excluding diaryl/α,β-unsaturated/α-hetero) is 1. The number of ketones is 1. The Morgan fingerprint density at radius 2 is 0.652 bits per heavy atom. The second-order valence-electron chi connectivity index (χ2n) is 25.3. The highest BCUT2D eigenvalue weighted by molar-refractivity contribution is 5.77. The quantitative estimate of drug-likeness (QED) is 0.0262. The zero-order chi connectivity index (χ0) is 67.5. The minimum atomic E-state index is -0.309. The number of amides is 1. The highest BCUT2D eigenvalue weighted by Crippen LogP contribution is 2.23. The van der Waals surface area contributed by atoms with Crippen molar-refractivity contribution in [1.82, 2.24) is 4.90 Å². The number of carbonyl (C=O) groups excluding carboxylic acids is 8. The lowest BCUT2D eigenvalue weighted by atomic mass is 9.93. The molecule has 0 spiro atoms. The highest BCUT2D eigenvalue weighted by Gasteiger charge is 2.16. The Bertz CT molecular complexity index is 2210. The highest BCUT2D eigenvalue weighted by atomic mass is 16.6. The summed E-state index contributed by atoms with van der Waals surface area (Å²) in [5.74, 6) is 0.949. The fourth-order valence-corrected chi connectivity index (χ4v) is 11.2.